The molecule has 1 amide bonds. The number of carboxylic acid groups (broad SMARTS) is 1. The highest BCUT2D eigenvalue weighted by molar-refractivity contribution is 5.83. The van der Waals surface area contributed by atoms with E-state index in [1.54, 1.807) is 24.1 Å². The molecule has 1 rings (SSSR count). The molecule has 0 spiro atoms. The fourth-order valence-electron chi connectivity index (χ4n) is 2.09. The number of rotatable bonds is 7. The molecular weight excluding hydrogens is 261 g/mol. The average Bonchev–Trinajstić information content (AvgIpc) is 2.41. The number of likely N-dealkylation sites (N-methyl/N-ethyl adjacent to an activating group) is 1. The first-order valence-corrected chi connectivity index (χ1v) is 6.68. The van der Waals surface area contributed by atoms with Crippen molar-refractivity contribution in [1.29, 1.82) is 0 Å². The maximum Gasteiger partial charge on any atom is 0.303 e. The van der Waals surface area contributed by atoms with Crippen molar-refractivity contribution in [2.45, 2.75) is 32.1 Å². The molecule has 1 atom stereocenters. The molecule has 20 heavy (non-hydrogen) atoms. The predicted molar refractivity (Wildman–Crippen MR) is 73.9 cm³/mol. The summed E-state index contributed by atoms with van der Waals surface area (Å²) in [5.41, 5.74) is 0.781. The second kappa shape index (κ2) is 7.62. The molecule has 0 aliphatic carbocycles. The zero-order chi connectivity index (χ0) is 15.1. The van der Waals surface area contributed by atoms with Crippen LogP contribution in [-0.4, -0.2) is 35.5 Å². The number of carbonyl (C=O) groups is 2. The molecule has 0 bridgehead atoms. The van der Waals surface area contributed by atoms with Crippen molar-refractivity contribution in [2.75, 3.05) is 13.6 Å². The third kappa shape index (κ3) is 4.64. The predicted octanol–water partition coefficient (Wildman–Crippen LogP) is 2.64. The summed E-state index contributed by atoms with van der Waals surface area (Å²) in [5, 5.41) is 8.59. The van der Waals surface area contributed by atoms with E-state index < -0.39 is 5.97 Å². The Morgan fingerprint density at radius 2 is 1.90 bits per heavy atom. The summed E-state index contributed by atoms with van der Waals surface area (Å²) < 4.78 is 12.9. The molecule has 1 N–H and O–H groups in total. The van der Waals surface area contributed by atoms with Gasteiger partial charge in [0.2, 0.25) is 5.91 Å². The Bertz CT molecular complexity index is 459. The van der Waals surface area contributed by atoms with Crippen molar-refractivity contribution in [2.24, 2.45) is 0 Å². The van der Waals surface area contributed by atoms with Gasteiger partial charge in [-0.15, -0.1) is 0 Å². The number of hydrogen-bond acceptors (Lipinski definition) is 2. The van der Waals surface area contributed by atoms with Gasteiger partial charge in [0.05, 0.1) is 5.92 Å². The summed E-state index contributed by atoms with van der Waals surface area (Å²) in [4.78, 5) is 24.3. The van der Waals surface area contributed by atoms with Gasteiger partial charge >= 0.3 is 5.97 Å². The lowest BCUT2D eigenvalue weighted by molar-refractivity contribution is -0.138. The molecule has 0 fully saturated rings. The Morgan fingerprint density at radius 3 is 2.40 bits per heavy atom. The Labute approximate surface area is 118 Å². The zero-order valence-corrected chi connectivity index (χ0v) is 11.8. The molecule has 0 aliphatic rings. The van der Waals surface area contributed by atoms with Crippen LogP contribution in [0.25, 0.3) is 0 Å². The minimum atomic E-state index is -0.864. The molecular formula is C15H20FNO3. The van der Waals surface area contributed by atoms with E-state index >= 15 is 0 Å². The van der Waals surface area contributed by atoms with E-state index in [0.29, 0.717) is 19.4 Å². The van der Waals surface area contributed by atoms with Crippen LogP contribution in [0.2, 0.25) is 0 Å². The van der Waals surface area contributed by atoms with Gasteiger partial charge < -0.3 is 10.0 Å². The van der Waals surface area contributed by atoms with Gasteiger partial charge in [-0.2, -0.15) is 0 Å². The SMILES string of the molecule is CCC(C(=O)N(C)CCCC(=O)O)c1ccc(F)cc1. The van der Waals surface area contributed by atoms with Crippen LogP contribution in [0.1, 0.15) is 37.7 Å². The van der Waals surface area contributed by atoms with Crippen LogP contribution in [0.5, 0.6) is 0 Å². The van der Waals surface area contributed by atoms with Crippen LogP contribution in [0.3, 0.4) is 0 Å². The fraction of sp³-hybridized carbons (Fsp3) is 0.467. The van der Waals surface area contributed by atoms with Crippen LogP contribution in [-0.2, 0) is 9.59 Å². The average molecular weight is 281 g/mol. The van der Waals surface area contributed by atoms with E-state index in [4.69, 9.17) is 5.11 Å². The first-order valence-electron chi connectivity index (χ1n) is 6.68. The van der Waals surface area contributed by atoms with E-state index in [0.717, 1.165) is 5.56 Å². The highest BCUT2D eigenvalue weighted by Crippen LogP contribution is 2.22. The molecule has 0 aliphatic heterocycles. The Hall–Kier alpha value is -1.91. The number of carboxylic acids is 1. The van der Waals surface area contributed by atoms with E-state index in [9.17, 15) is 14.0 Å². The number of nitrogens with zero attached hydrogens (tertiary/aromatic N) is 1. The molecule has 5 heteroatoms. The van der Waals surface area contributed by atoms with Crippen molar-refractivity contribution in [3.05, 3.63) is 35.6 Å². The quantitative estimate of drug-likeness (QED) is 0.836. The van der Waals surface area contributed by atoms with Gasteiger partial charge in [-0.1, -0.05) is 19.1 Å². The van der Waals surface area contributed by atoms with E-state index in [1.807, 2.05) is 6.92 Å². The molecule has 0 saturated carbocycles. The topological polar surface area (TPSA) is 57.6 Å². The standard InChI is InChI=1S/C15H20FNO3/c1-3-13(11-6-8-12(16)9-7-11)15(20)17(2)10-4-5-14(18)19/h6-9,13H,3-5,10H2,1-2H3,(H,18,19). The van der Waals surface area contributed by atoms with Crippen LogP contribution in [0.15, 0.2) is 24.3 Å². The van der Waals surface area contributed by atoms with Crippen molar-refractivity contribution >= 4 is 11.9 Å². The Kier molecular flexibility index (Phi) is 6.15. The maximum atomic E-state index is 12.9. The summed E-state index contributed by atoms with van der Waals surface area (Å²) in [6.45, 7) is 2.31. The van der Waals surface area contributed by atoms with Gasteiger partial charge in [0.25, 0.3) is 0 Å². The Balaban J connectivity index is 2.66. The van der Waals surface area contributed by atoms with Crippen molar-refractivity contribution in [1.82, 2.24) is 4.90 Å². The third-order valence-electron chi connectivity index (χ3n) is 3.24. The first kappa shape index (κ1) is 16.1. The molecule has 1 unspecified atom stereocenters. The lowest BCUT2D eigenvalue weighted by atomic mass is 9.95. The third-order valence-corrected chi connectivity index (χ3v) is 3.24. The molecule has 0 heterocycles. The van der Waals surface area contributed by atoms with Gasteiger partial charge in [-0.3, -0.25) is 9.59 Å². The summed E-state index contributed by atoms with van der Waals surface area (Å²) in [5.74, 6) is -1.57. The van der Waals surface area contributed by atoms with Crippen LogP contribution in [0, 0.1) is 5.82 Å². The van der Waals surface area contributed by atoms with Crippen LogP contribution >= 0.6 is 0 Å². The minimum absolute atomic E-state index is 0.0466. The second-order valence-electron chi connectivity index (χ2n) is 4.77. The van der Waals surface area contributed by atoms with Gasteiger partial charge in [-0.25, -0.2) is 4.39 Å². The summed E-state index contributed by atoms with van der Waals surface area (Å²) in [7, 11) is 1.66. The number of amides is 1. The minimum Gasteiger partial charge on any atom is -0.481 e. The lowest BCUT2D eigenvalue weighted by Gasteiger charge is -2.23. The van der Waals surface area contributed by atoms with E-state index in [-0.39, 0.29) is 24.1 Å². The van der Waals surface area contributed by atoms with E-state index in [2.05, 4.69) is 0 Å². The lowest BCUT2D eigenvalue weighted by Crippen LogP contribution is -2.32. The van der Waals surface area contributed by atoms with Gasteiger partial charge in [-0.05, 0) is 30.5 Å². The number of halogens is 1. The highest BCUT2D eigenvalue weighted by Gasteiger charge is 2.22. The number of benzene rings is 1. The fourth-order valence-corrected chi connectivity index (χ4v) is 2.09. The maximum absolute atomic E-state index is 12.9. The summed E-state index contributed by atoms with van der Waals surface area (Å²) >= 11 is 0. The Morgan fingerprint density at radius 1 is 1.30 bits per heavy atom. The molecule has 0 aromatic heterocycles. The summed E-state index contributed by atoms with van der Waals surface area (Å²) in [6.07, 6.45) is 1.09. The van der Waals surface area contributed by atoms with Gasteiger partial charge in [0.1, 0.15) is 5.82 Å². The van der Waals surface area contributed by atoms with Crippen LogP contribution < -0.4 is 0 Å². The first-order chi connectivity index (χ1) is 9.45. The molecule has 110 valence electrons. The molecule has 0 saturated heterocycles. The zero-order valence-electron chi connectivity index (χ0n) is 11.8. The second-order valence-corrected chi connectivity index (χ2v) is 4.77. The van der Waals surface area contributed by atoms with E-state index in [1.165, 1.54) is 12.1 Å². The van der Waals surface area contributed by atoms with Crippen LogP contribution in [0.4, 0.5) is 4.39 Å². The molecule has 4 nitrogen and oxygen atoms in total. The normalized spacial score (nSPS) is 11.9. The number of carbonyl (C=O) groups excluding carboxylic acids is 1. The van der Waals surface area contributed by atoms with Gasteiger partial charge in [0.15, 0.2) is 0 Å². The molecule has 1 aromatic rings. The number of aliphatic carboxylic acids is 1. The van der Waals surface area contributed by atoms with Crippen molar-refractivity contribution in [3.63, 3.8) is 0 Å². The highest BCUT2D eigenvalue weighted by atomic mass is 19.1. The monoisotopic (exact) mass is 281 g/mol. The van der Waals surface area contributed by atoms with Crippen molar-refractivity contribution < 1.29 is 19.1 Å². The molecule has 0 radical (unpaired) electrons. The smallest absolute Gasteiger partial charge is 0.303 e. The summed E-state index contributed by atoms with van der Waals surface area (Å²) in [6, 6.07) is 5.92. The number of hydrogen-bond donors (Lipinski definition) is 1. The van der Waals surface area contributed by atoms with Gasteiger partial charge in [0, 0.05) is 20.0 Å². The largest absolute Gasteiger partial charge is 0.481 e. The molecule has 1 aromatic carbocycles. The van der Waals surface area contributed by atoms with Crippen molar-refractivity contribution in [3.8, 4) is 0 Å².